The average Bonchev–Trinajstić information content (AvgIpc) is 2.76. The van der Waals surface area contributed by atoms with E-state index in [0.29, 0.717) is 0 Å². The second-order valence-electron chi connectivity index (χ2n) is 3.93. The Kier molecular flexibility index (Phi) is 2.02. The highest BCUT2D eigenvalue weighted by molar-refractivity contribution is 5.66. The van der Waals surface area contributed by atoms with Crippen molar-refractivity contribution in [3.05, 3.63) is 36.7 Å². The van der Waals surface area contributed by atoms with Gasteiger partial charge in [-0.05, 0) is 6.07 Å². The summed E-state index contributed by atoms with van der Waals surface area (Å²) in [6, 6.07) is 1.96. The summed E-state index contributed by atoms with van der Waals surface area (Å²) in [5, 5.41) is 0. The summed E-state index contributed by atoms with van der Waals surface area (Å²) in [6.07, 6.45) is 7.25. The summed E-state index contributed by atoms with van der Waals surface area (Å²) in [5.74, 6) is 0. The minimum Gasteiger partial charge on any atom is -0.396 e. The van der Waals surface area contributed by atoms with Gasteiger partial charge >= 0.3 is 0 Å². The lowest BCUT2D eigenvalue weighted by atomic mass is 10.2. The number of imidazole rings is 1. The molecule has 0 unspecified atom stereocenters. The van der Waals surface area contributed by atoms with Gasteiger partial charge in [0.05, 0.1) is 36.1 Å². The van der Waals surface area contributed by atoms with E-state index in [1.165, 1.54) is 5.69 Å². The highest BCUT2D eigenvalue weighted by atomic mass is 15.2. The van der Waals surface area contributed by atoms with Crippen LogP contribution < -0.4 is 10.6 Å². The van der Waals surface area contributed by atoms with E-state index in [1.807, 2.05) is 18.6 Å². The van der Waals surface area contributed by atoms with Crippen LogP contribution in [0, 0.1) is 0 Å². The number of rotatable bonds is 1. The number of hydrogen-bond acceptors (Lipinski definition) is 4. The molecule has 1 aliphatic heterocycles. The number of nitrogens with zero attached hydrogens (tertiary/aromatic N) is 4. The lowest BCUT2D eigenvalue weighted by Gasteiger charge is -2.30. The molecule has 0 aromatic carbocycles. The van der Waals surface area contributed by atoms with E-state index in [0.717, 1.165) is 31.0 Å². The van der Waals surface area contributed by atoms with Crippen LogP contribution in [0.25, 0.3) is 0 Å². The first-order chi connectivity index (χ1) is 7.84. The standard InChI is InChI=1S/C11H13N5/c12-10-6-13-2-1-11(10)15-3-4-16-8-14-5-9(16)7-15/h1-2,5-6,8H,3-4,7,12H2. The van der Waals surface area contributed by atoms with E-state index >= 15 is 0 Å². The Bertz CT molecular complexity index is 505. The number of hydrogen-bond donors (Lipinski definition) is 1. The zero-order chi connectivity index (χ0) is 11.0. The van der Waals surface area contributed by atoms with Gasteiger partial charge in [-0.3, -0.25) is 4.98 Å². The zero-order valence-corrected chi connectivity index (χ0v) is 8.87. The van der Waals surface area contributed by atoms with Crippen LogP contribution in [0.2, 0.25) is 0 Å². The van der Waals surface area contributed by atoms with Crippen LogP contribution in [-0.4, -0.2) is 21.1 Å². The molecule has 3 rings (SSSR count). The molecule has 0 saturated carbocycles. The Hall–Kier alpha value is -2.04. The van der Waals surface area contributed by atoms with Gasteiger partial charge in [0, 0.05) is 25.5 Å². The Morgan fingerprint density at radius 1 is 1.19 bits per heavy atom. The zero-order valence-electron chi connectivity index (χ0n) is 8.87. The lowest BCUT2D eigenvalue weighted by molar-refractivity contribution is 0.571. The van der Waals surface area contributed by atoms with Crippen molar-refractivity contribution in [2.75, 3.05) is 17.2 Å². The molecular formula is C11H13N5. The fourth-order valence-electron chi connectivity index (χ4n) is 2.08. The van der Waals surface area contributed by atoms with Crippen molar-refractivity contribution in [3.8, 4) is 0 Å². The number of fused-ring (bicyclic) bond motifs is 1. The summed E-state index contributed by atoms with van der Waals surface area (Å²) in [5.41, 5.74) is 8.93. The number of aromatic nitrogens is 3. The Balaban J connectivity index is 1.92. The van der Waals surface area contributed by atoms with Crippen LogP contribution in [0.4, 0.5) is 11.4 Å². The second-order valence-corrected chi connectivity index (χ2v) is 3.93. The molecule has 3 heterocycles. The molecule has 0 bridgehead atoms. The first kappa shape index (κ1) is 9.21. The van der Waals surface area contributed by atoms with Gasteiger partial charge in [-0.2, -0.15) is 0 Å². The minimum atomic E-state index is 0.732. The van der Waals surface area contributed by atoms with Gasteiger partial charge in [0.1, 0.15) is 0 Å². The monoisotopic (exact) mass is 215 g/mol. The van der Waals surface area contributed by atoms with Gasteiger partial charge in [-0.15, -0.1) is 0 Å². The Labute approximate surface area is 93.5 Å². The molecule has 82 valence electrons. The summed E-state index contributed by atoms with van der Waals surface area (Å²) < 4.78 is 2.17. The molecule has 0 radical (unpaired) electrons. The number of nitrogen functional groups attached to an aromatic ring is 1. The topological polar surface area (TPSA) is 60.0 Å². The molecule has 2 N–H and O–H groups in total. The van der Waals surface area contributed by atoms with E-state index in [2.05, 4.69) is 19.4 Å². The van der Waals surface area contributed by atoms with E-state index in [4.69, 9.17) is 5.73 Å². The highest BCUT2D eigenvalue weighted by Gasteiger charge is 2.17. The van der Waals surface area contributed by atoms with Crippen LogP contribution in [0.15, 0.2) is 31.0 Å². The lowest BCUT2D eigenvalue weighted by Crippen LogP contribution is -2.33. The summed E-state index contributed by atoms with van der Waals surface area (Å²) in [6.45, 7) is 2.77. The van der Waals surface area contributed by atoms with E-state index < -0.39 is 0 Å². The number of pyridine rings is 1. The predicted octanol–water partition coefficient (Wildman–Crippen LogP) is 0.881. The predicted molar refractivity (Wildman–Crippen MR) is 61.9 cm³/mol. The van der Waals surface area contributed by atoms with Gasteiger partial charge in [0.2, 0.25) is 0 Å². The van der Waals surface area contributed by atoms with Crippen LogP contribution in [-0.2, 0) is 13.1 Å². The largest absolute Gasteiger partial charge is 0.396 e. The van der Waals surface area contributed by atoms with E-state index in [1.54, 1.807) is 12.4 Å². The molecule has 1 aliphatic rings. The van der Waals surface area contributed by atoms with Crippen molar-refractivity contribution >= 4 is 11.4 Å². The molecule has 0 amide bonds. The molecule has 0 atom stereocenters. The van der Waals surface area contributed by atoms with Crippen molar-refractivity contribution < 1.29 is 0 Å². The van der Waals surface area contributed by atoms with Gasteiger partial charge in [0.15, 0.2) is 0 Å². The number of anilines is 2. The third-order valence-electron chi connectivity index (χ3n) is 2.93. The van der Waals surface area contributed by atoms with Crippen molar-refractivity contribution in [2.45, 2.75) is 13.1 Å². The first-order valence-electron chi connectivity index (χ1n) is 5.28. The van der Waals surface area contributed by atoms with E-state index in [-0.39, 0.29) is 0 Å². The average molecular weight is 215 g/mol. The second kappa shape index (κ2) is 3.52. The first-order valence-corrected chi connectivity index (χ1v) is 5.28. The normalized spacial score (nSPS) is 14.9. The maximum absolute atomic E-state index is 5.92. The highest BCUT2D eigenvalue weighted by Crippen LogP contribution is 2.25. The molecule has 0 fully saturated rings. The van der Waals surface area contributed by atoms with Gasteiger partial charge in [-0.25, -0.2) is 4.98 Å². The van der Waals surface area contributed by atoms with Crippen LogP contribution in [0.3, 0.4) is 0 Å². The quantitative estimate of drug-likeness (QED) is 0.767. The van der Waals surface area contributed by atoms with Crippen molar-refractivity contribution in [2.24, 2.45) is 0 Å². The third kappa shape index (κ3) is 1.41. The summed E-state index contributed by atoms with van der Waals surface area (Å²) in [7, 11) is 0. The SMILES string of the molecule is Nc1cnccc1N1CCn2cncc2C1. The van der Waals surface area contributed by atoms with Crippen LogP contribution in [0.5, 0.6) is 0 Å². The maximum atomic E-state index is 5.92. The van der Waals surface area contributed by atoms with Gasteiger partial charge < -0.3 is 15.2 Å². The molecule has 5 heteroatoms. The Morgan fingerprint density at radius 3 is 3.00 bits per heavy atom. The maximum Gasteiger partial charge on any atom is 0.0949 e. The molecular weight excluding hydrogens is 202 g/mol. The van der Waals surface area contributed by atoms with Crippen molar-refractivity contribution in [1.29, 1.82) is 0 Å². The molecule has 0 spiro atoms. The van der Waals surface area contributed by atoms with Crippen LogP contribution >= 0.6 is 0 Å². The van der Waals surface area contributed by atoms with Crippen molar-refractivity contribution in [3.63, 3.8) is 0 Å². The molecule has 16 heavy (non-hydrogen) atoms. The smallest absolute Gasteiger partial charge is 0.0949 e. The Morgan fingerprint density at radius 2 is 2.12 bits per heavy atom. The summed E-state index contributed by atoms with van der Waals surface area (Å²) in [4.78, 5) is 10.4. The van der Waals surface area contributed by atoms with Gasteiger partial charge in [0.25, 0.3) is 0 Å². The number of nitrogens with two attached hydrogens (primary N) is 1. The van der Waals surface area contributed by atoms with Crippen molar-refractivity contribution in [1.82, 2.24) is 14.5 Å². The molecule has 2 aromatic heterocycles. The third-order valence-corrected chi connectivity index (χ3v) is 2.93. The molecule has 0 aliphatic carbocycles. The summed E-state index contributed by atoms with van der Waals surface area (Å²) >= 11 is 0. The van der Waals surface area contributed by atoms with Crippen LogP contribution in [0.1, 0.15) is 5.69 Å². The molecule has 2 aromatic rings. The minimum absolute atomic E-state index is 0.732. The fraction of sp³-hybridized carbons (Fsp3) is 0.273. The van der Waals surface area contributed by atoms with Gasteiger partial charge in [-0.1, -0.05) is 0 Å². The molecule has 0 saturated heterocycles. The van der Waals surface area contributed by atoms with E-state index in [9.17, 15) is 0 Å². The fourth-order valence-corrected chi connectivity index (χ4v) is 2.08. The molecule has 5 nitrogen and oxygen atoms in total.